The van der Waals surface area contributed by atoms with Crippen LogP contribution in [0.2, 0.25) is 5.02 Å². The fourth-order valence-corrected chi connectivity index (χ4v) is 2.04. The van der Waals surface area contributed by atoms with Crippen LogP contribution < -0.4 is 10.6 Å². The fourth-order valence-electron chi connectivity index (χ4n) is 1.84. The molecule has 1 saturated heterocycles. The summed E-state index contributed by atoms with van der Waals surface area (Å²) in [6.45, 7) is 1.43. The van der Waals surface area contributed by atoms with E-state index in [0.717, 1.165) is 30.0 Å². The molecule has 1 atom stereocenters. The predicted octanol–water partition coefficient (Wildman–Crippen LogP) is 1.71. The smallest absolute Gasteiger partial charge is 0.237 e. The molecule has 1 heterocycles. The first-order valence-corrected chi connectivity index (χ1v) is 5.89. The monoisotopic (exact) mass is 238 g/mol. The first kappa shape index (κ1) is 11.4. The summed E-state index contributed by atoms with van der Waals surface area (Å²) in [5, 5.41) is 6.82. The van der Waals surface area contributed by atoms with E-state index in [2.05, 4.69) is 10.6 Å². The molecule has 0 saturated carbocycles. The highest BCUT2D eigenvalue weighted by molar-refractivity contribution is 6.31. The van der Waals surface area contributed by atoms with Crippen LogP contribution in [0.1, 0.15) is 18.4 Å². The maximum absolute atomic E-state index is 11.5. The molecule has 1 unspecified atom stereocenters. The van der Waals surface area contributed by atoms with Gasteiger partial charge in [0, 0.05) is 18.1 Å². The highest BCUT2D eigenvalue weighted by atomic mass is 35.5. The van der Waals surface area contributed by atoms with Gasteiger partial charge in [0.25, 0.3) is 0 Å². The van der Waals surface area contributed by atoms with Crippen molar-refractivity contribution in [2.45, 2.75) is 25.4 Å². The highest BCUT2D eigenvalue weighted by Gasteiger charge is 2.20. The van der Waals surface area contributed by atoms with Crippen LogP contribution in [0.5, 0.6) is 0 Å². The molecule has 0 bridgehead atoms. The van der Waals surface area contributed by atoms with Gasteiger partial charge in [0.05, 0.1) is 6.04 Å². The molecule has 4 heteroatoms. The first-order valence-electron chi connectivity index (χ1n) is 5.52. The quantitative estimate of drug-likeness (QED) is 0.842. The van der Waals surface area contributed by atoms with Gasteiger partial charge in [-0.15, -0.1) is 0 Å². The van der Waals surface area contributed by atoms with Crippen molar-refractivity contribution in [3.63, 3.8) is 0 Å². The minimum atomic E-state index is -0.0787. The van der Waals surface area contributed by atoms with E-state index in [-0.39, 0.29) is 11.9 Å². The van der Waals surface area contributed by atoms with Gasteiger partial charge in [-0.25, -0.2) is 0 Å². The van der Waals surface area contributed by atoms with E-state index in [1.807, 2.05) is 24.3 Å². The van der Waals surface area contributed by atoms with Gasteiger partial charge in [-0.1, -0.05) is 29.8 Å². The summed E-state index contributed by atoms with van der Waals surface area (Å²) in [7, 11) is 0. The minimum Gasteiger partial charge on any atom is -0.355 e. The number of carbonyl (C=O) groups is 1. The van der Waals surface area contributed by atoms with Gasteiger partial charge in [0.15, 0.2) is 0 Å². The Morgan fingerprint density at radius 1 is 1.44 bits per heavy atom. The van der Waals surface area contributed by atoms with Crippen molar-refractivity contribution in [2.75, 3.05) is 6.54 Å². The molecular formula is C12H15ClN2O. The number of nitrogens with one attached hydrogen (secondary N) is 2. The maximum Gasteiger partial charge on any atom is 0.237 e. The zero-order chi connectivity index (χ0) is 11.4. The van der Waals surface area contributed by atoms with Crippen molar-refractivity contribution >= 4 is 17.5 Å². The third-order valence-corrected chi connectivity index (χ3v) is 3.15. The lowest BCUT2D eigenvalue weighted by Gasteiger charge is -2.23. The van der Waals surface area contributed by atoms with Gasteiger partial charge in [-0.2, -0.15) is 0 Å². The molecule has 0 aliphatic carbocycles. The van der Waals surface area contributed by atoms with Crippen LogP contribution in [0.4, 0.5) is 0 Å². The normalized spacial score (nSPS) is 20.6. The SMILES string of the molecule is O=C1NCCCC1NCc1ccccc1Cl. The molecule has 2 N–H and O–H groups in total. The van der Waals surface area contributed by atoms with Gasteiger partial charge in [-0.3, -0.25) is 4.79 Å². The first-order chi connectivity index (χ1) is 7.77. The van der Waals surface area contributed by atoms with Crippen molar-refractivity contribution in [1.82, 2.24) is 10.6 Å². The van der Waals surface area contributed by atoms with Gasteiger partial charge in [0.1, 0.15) is 0 Å². The second kappa shape index (κ2) is 5.32. The molecule has 16 heavy (non-hydrogen) atoms. The lowest BCUT2D eigenvalue weighted by atomic mass is 10.1. The minimum absolute atomic E-state index is 0.0787. The largest absolute Gasteiger partial charge is 0.355 e. The molecule has 2 rings (SSSR count). The molecule has 1 aliphatic heterocycles. The Morgan fingerprint density at radius 2 is 2.25 bits per heavy atom. The van der Waals surface area contributed by atoms with Gasteiger partial charge in [-0.05, 0) is 24.5 Å². The van der Waals surface area contributed by atoms with Crippen molar-refractivity contribution in [3.8, 4) is 0 Å². The third-order valence-electron chi connectivity index (χ3n) is 2.78. The summed E-state index contributed by atoms with van der Waals surface area (Å²) >= 11 is 6.04. The van der Waals surface area contributed by atoms with E-state index >= 15 is 0 Å². The molecule has 0 spiro atoms. The summed E-state index contributed by atoms with van der Waals surface area (Å²) < 4.78 is 0. The predicted molar refractivity (Wildman–Crippen MR) is 64.3 cm³/mol. The van der Waals surface area contributed by atoms with Crippen molar-refractivity contribution in [1.29, 1.82) is 0 Å². The van der Waals surface area contributed by atoms with Crippen LogP contribution in [-0.4, -0.2) is 18.5 Å². The zero-order valence-corrected chi connectivity index (χ0v) is 9.76. The van der Waals surface area contributed by atoms with Gasteiger partial charge in [0.2, 0.25) is 5.91 Å². The fraction of sp³-hybridized carbons (Fsp3) is 0.417. The number of halogens is 1. The van der Waals surface area contributed by atoms with E-state index in [4.69, 9.17) is 11.6 Å². The number of hydrogen-bond donors (Lipinski definition) is 2. The van der Waals surface area contributed by atoms with Crippen LogP contribution >= 0.6 is 11.6 Å². The van der Waals surface area contributed by atoms with Gasteiger partial charge >= 0.3 is 0 Å². The van der Waals surface area contributed by atoms with E-state index in [0.29, 0.717) is 6.54 Å². The van der Waals surface area contributed by atoms with Gasteiger partial charge < -0.3 is 10.6 Å². The summed E-state index contributed by atoms with van der Waals surface area (Å²) in [4.78, 5) is 11.5. The average Bonchev–Trinajstić information content (AvgIpc) is 2.30. The van der Waals surface area contributed by atoms with Crippen molar-refractivity contribution in [3.05, 3.63) is 34.9 Å². The lowest BCUT2D eigenvalue weighted by molar-refractivity contribution is -0.124. The highest BCUT2D eigenvalue weighted by Crippen LogP contribution is 2.15. The lowest BCUT2D eigenvalue weighted by Crippen LogP contribution is -2.47. The number of amides is 1. The Kier molecular flexibility index (Phi) is 3.80. The number of hydrogen-bond acceptors (Lipinski definition) is 2. The Balaban J connectivity index is 1.92. The zero-order valence-electron chi connectivity index (χ0n) is 9.00. The molecule has 1 amide bonds. The number of carbonyl (C=O) groups excluding carboxylic acids is 1. The van der Waals surface area contributed by atoms with E-state index in [1.54, 1.807) is 0 Å². The Morgan fingerprint density at radius 3 is 3.00 bits per heavy atom. The standard InChI is InChI=1S/C12H15ClN2O/c13-10-5-2-1-4-9(10)8-15-11-6-3-7-14-12(11)16/h1-2,4-5,11,15H,3,6-8H2,(H,14,16). The van der Waals surface area contributed by atoms with Crippen molar-refractivity contribution < 1.29 is 4.79 Å². The molecule has 1 aliphatic rings. The molecular weight excluding hydrogens is 224 g/mol. The van der Waals surface area contributed by atoms with E-state index in [1.165, 1.54) is 0 Å². The van der Waals surface area contributed by atoms with E-state index < -0.39 is 0 Å². The Bertz CT molecular complexity index is 381. The maximum atomic E-state index is 11.5. The van der Waals surface area contributed by atoms with Crippen LogP contribution in [0, 0.1) is 0 Å². The summed E-state index contributed by atoms with van der Waals surface area (Å²) in [6, 6.07) is 7.60. The molecule has 0 radical (unpaired) electrons. The number of piperidine rings is 1. The number of benzene rings is 1. The topological polar surface area (TPSA) is 41.1 Å². The third kappa shape index (κ3) is 2.74. The van der Waals surface area contributed by atoms with Crippen LogP contribution in [0.3, 0.4) is 0 Å². The second-order valence-corrected chi connectivity index (χ2v) is 4.37. The van der Waals surface area contributed by atoms with Crippen molar-refractivity contribution in [2.24, 2.45) is 0 Å². The summed E-state index contributed by atoms with van der Waals surface area (Å²) in [6.07, 6.45) is 1.93. The van der Waals surface area contributed by atoms with Crippen LogP contribution in [-0.2, 0) is 11.3 Å². The van der Waals surface area contributed by atoms with Crippen LogP contribution in [0.25, 0.3) is 0 Å². The molecule has 3 nitrogen and oxygen atoms in total. The number of rotatable bonds is 3. The van der Waals surface area contributed by atoms with Crippen LogP contribution in [0.15, 0.2) is 24.3 Å². The molecule has 0 aromatic heterocycles. The Labute approximate surface area is 100 Å². The Hall–Kier alpha value is -1.06. The second-order valence-electron chi connectivity index (χ2n) is 3.96. The summed E-state index contributed by atoms with van der Waals surface area (Å²) in [5.74, 6) is 0.0957. The average molecular weight is 239 g/mol. The molecule has 1 aromatic rings. The summed E-state index contributed by atoms with van der Waals surface area (Å²) in [5.41, 5.74) is 1.03. The van der Waals surface area contributed by atoms with E-state index in [9.17, 15) is 4.79 Å². The molecule has 1 aromatic carbocycles. The molecule has 1 fully saturated rings. The molecule has 86 valence electrons.